The summed E-state index contributed by atoms with van der Waals surface area (Å²) in [4.78, 5) is 29.3. The molecule has 2 aliphatic rings. The number of ether oxygens (including phenoxy) is 1. The second-order valence-electron chi connectivity index (χ2n) is 10.9. The first-order valence-electron chi connectivity index (χ1n) is 13.6. The number of carbonyl (C=O) groups excluding carboxylic acids is 2. The average molecular weight is 527 g/mol. The summed E-state index contributed by atoms with van der Waals surface area (Å²) in [6.07, 6.45) is 7.33. The third kappa shape index (κ3) is 5.90. The van der Waals surface area contributed by atoms with E-state index >= 15 is 4.39 Å². The molecule has 1 amide bonds. The van der Waals surface area contributed by atoms with Crippen molar-refractivity contribution in [2.75, 3.05) is 31.0 Å². The quantitative estimate of drug-likeness (QED) is 0.242. The molecule has 2 aliphatic carbocycles. The topological polar surface area (TPSA) is 49.9 Å². The van der Waals surface area contributed by atoms with Crippen molar-refractivity contribution in [3.63, 3.8) is 0 Å². The minimum absolute atomic E-state index is 0.0319. The van der Waals surface area contributed by atoms with Gasteiger partial charge in [-0.3, -0.25) is 4.79 Å². The highest BCUT2D eigenvalue weighted by atomic mass is 19.1. The maximum Gasteiger partial charge on any atom is 0.330 e. The van der Waals surface area contributed by atoms with Crippen LogP contribution < -0.4 is 9.80 Å². The van der Waals surface area contributed by atoms with Crippen LogP contribution in [0.3, 0.4) is 0 Å². The van der Waals surface area contributed by atoms with Crippen LogP contribution in [-0.2, 0) is 20.9 Å². The van der Waals surface area contributed by atoms with E-state index in [9.17, 15) is 9.59 Å². The number of benzene rings is 3. The number of nitrogens with zero attached hydrogens (tertiary/aromatic N) is 2. The summed E-state index contributed by atoms with van der Waals surface area (Å²) in [6, 6.07) is 20.7. The molecule has 0 saturated heterocycles. The van der Waals surface area contributed by atoms with Gasteiger partial charge in [0.25, 0.3) is 0 Å². The standard InChI is InChI=1S/C33H35FN2O3/c1-35(2)28-14-12-24(13-15-28)25-10-11-27(31(34)20-25)21-36(33(38)30-19-23-7-9-26(30)17-23)29-6-4-5-22(18-29)8-16-32(37)39-3/h4-6,8,10-16,18,20,23,26,30H,7,9,17,19,21H2,1-3H3/b16-8+/t23-,26+,30-/m1/s1. The van der Waals surface area contributed by atoms with Crippen molar-refractivity contribution in [3.05, 3.63) is 89.8 Å². The molecule has 0 radical (unpaired) electrons. The molecule has 0 N–H and O–H groups in total. The van der Waals surface area contributed by atoms with Gasteiger partial charge in [0.1, 0.15) is 5.82 Å². The van der Waals surface area contributed by atoms with Crippen LogP contribution in [0.1, 0.15) is 36.8 Å². The van der Waals surface area contributed by atoms with E-state index in [1.165, 1.54) is 19.6 Å². The molecule has 0 aliphatic heterocycles. The van der Waals surface area contributed by atoms with Gasteiger partial charge in [0, 0.05) is 43.0 Å². The molecule has 0 aromatic heterocycles. The van der Waals surface area contributed by atoms with Crippen molar-refractivity contribution >= 4 is 29.3 Å². The molecular formula is C33H35FN2O3. The zero-order valence-electron chi connectivity index (χ0n) is 22.8. The molecule has 39 heavy (non-hydrogen) atoms. The van der Waals surface area contributed by atoms with Gasteiger partial charge >= 0.3 is 5.97 Å². The minimum atomic E-state index is -0.450. The van der Waals surface area contributed by atoms with E-state index in [0.29, 0.717) is 23.1 Å². The number of esters is 1. The number of amides is 1. The number of anilines is 2. The predicted octanol–water partition coefficient (Wildman–Crippen LogP) is 6.71. The molecule has 0 heterocycles. The fourth-order valence-corrected chi connectivity index (χ4v) is 6.05. The smallest absolute Gasteiger partial charge is 0.330 e. The van der Waals surface area contributed by atoms with E-state index in [0.717, 1.165) is 41.6 Å². The number of carbonyl (C=O) groups is 2. The number of fused-ring (bicyclic) bond motifs is 2. The Labute approximate surface area is 229 Å². The van der Waals surface area contributed by atoms with Gasteiger partial charge in [-0.2, -0.15) is 0 Å². The van der Waals surface area contributed by atoms with Gasteiger partial charge in [0.15, 0.2) is 0 Å². The van der Waals surface area contributed by atoms with Gasteiger partial charge < -0.3 is 14.5 Å². The summed E-state index contributed by atoms with van der Waals surface area (Å²) in [7, 11) is 5.30. The summed E-state index contributed by atoms with van der Waals surface area (Å²) < 4.78 is 20.2. The molecular weight excluding hydrogens is 491 g/mol. The molecule has 5 nitrogen and oxygen atoms in total. The van der Waals surface area contributed by atoms with E-state index < -0.39 is 5.97 Å². The SMILES string of the molecule is COC(=O)/C=C/c1cccc(N(Cc2ccc(-c3ccc(N(C)C)cc3)cc2F)C(=O)[C@@H]2C[C@@H]3CC[C@H]2C3)c1. The number of methoxy groups -OCH3 is 1. The van der Waals surface area contributed by atoms with Crippen molar-refractivity contribution in [1.29, 1.82) is 0 Å². The van der Waals surface area contributed by atoms with E-state index in [4.69, 9.17) is 4.74 Å². The molecule has 3 aromatic carbocycles. The molecule has 2 saturated carbocycles. The first-order chi connectivity index (χ1) is 18.8. The Kier molecular flexibility index (Phi) is 7.82. The predicted molar refractivity (Wildman–Crippen MR) is 154 cm³/mol. The Hall–Kier alpha value is -3.93. The monoisotopic (exact) mass is 526 g/mol. The van der Waals surface area contributed by atoms with Gasteiger partial charge in [-0.05, 0) is 84.2 Å². The van der Waals surface area contributed by atoms with Crippen LogP contribution in [0.15, 0.2) is 72.8 Å². The Bertz CT molecular complexity index is 1380. The van der Waals surface area contributed by atoms with E-state index in [-0.39, 0.29) is 24.2 Å². The summed E-state index contributed by atoms with van der Waals surface area (Å²) in [6.45, 7) is 0.141. The molecule has 3 atom stereocenters. The summed E-state index contributed by atoms with van der Waals surface area (Å²) in [5.74, 6) is 0.264. The van der Waals surface area contributed by atoms with E-state index in [1.54, 1.807) is 23.1 Å². The number of rotatable bonds is 8. The van der Waals surface area contributed by atoms with E-state index in [1.807, 2.05) is 73.6 Å². The summed E-state index contributed by atoms with van der Waals surface area (Å²) in [5.41, 5.74) is 4.73. The van der Waals surface area contributed by atoms with Gasteiger partial charge in [0.05, 0.1) is 13.7 Å². The Morgan fingerprint density at radius 2 is 1.72 bits per heavy atom. The largest absolute Gasteiger partial charge is 0.466 e. The highest BCUT2D eigenvalue weighted by Crippen LogP contribution is 2.49. The Morgan fingerprint density at radius 1 is 0.949 bits per heavy atom. The van der Waals surface area contributed by atoms with Gasteiger partial charge in [0.2, 0.25) is 5.91 Å². The molecule has 2 fully saturated rings. The van der Waals surface area contributed by atoms with Crippen molar-refractivity contribution in [2.24, 2.45) is 17.8 Å². The molecule has 5 rings (SSSR count). The van der Waals surface area contributed by atoms with Crippen LogP contribution in [0.4, 0.5) is 15.8 Å². The lowest BCUT2D eigenvalue weighted by molar-refractivity contribution is -0.134. The molecule has 6 heteroatoms. The summed E-state index contributed by atoms with van der Waals surface area (Å²) >= 11 is 0. The van der Waals surface area contributed by atoms with Crippen molar-refractivity contribution in [2.45, 2.75) is 32.2 Å². The summed E-state index contributed by atoms with van der Waals surface area (Å²) in [5, 5.41) is 0. The zero-order valence-corrected chi connectivity index (χ0v) is 22.8. The maximum absolute atomic E-state index is 15.5. The van der Waals surface area contributed by atoms with Gasteiger partial charge in [-0.1, -0.05) is 42.8 Å². The second-order valence-corrected chi connectivity index (χ2v) is 10.9. The van der Waals surface area contributed by atoms with Crippen molar-refractivity contribution in [1.82, 2.24) is 0 Å². The van der Waals surface area contributed by atoms with Crippen LogP contribution >= 0.6 is 0 Å². The van der Waals surface area contributed by atoms with Crippen LogP contribution in [0.25, 0.3) is 17.2 Å². The first-order valence-corrected chi connectivity index (χ1v) is 13.6. The van der Waals surface area contributed by atoms with Crippen LogP contribution in [0.5, 0.6) is 0 Å². The fourth-order valence-electron chi connectivity index (χ4n) is 6.05. The van der Waals surface area contributed by atoms with Gasteiger partial charge in [-0.25, -0.2) is 9.18 Å². The van der Waals surface area contributed by atoms with Crippen LogP contribution in [-0.4, -0.2) is 33.1 Å². The number of hydrogen-bond donors (Lipinski definition) is 0. The lowest BCUT2D eigenvalue weighted by Gasteiger charge is -2.30. The lowest BCUT2D eigenvalue weighted by atomic mass is 9.87. The highest BCUT2D eigenvalue weighted by molar-refractivity contribution is 5.96. The lowest BCUT2D eigenvalue weighted by Crippen LogP contribution is -2.38. The highest BCUT2D eigenvalue weighted by Gasteiger charge is 2.44. The number of halogens is 1. The Balaban J connectivity index is 1.44. The normalized spacial score (nSPS) is 19.8. The third-order valence-electron chi connectivity index (χ3n) is 8.21. The van der Waals surface area contributed by atoms with Gasteiger partial charge in [-0.15, -0.1) is 0 Å². The Morgan fingerprint density at radius 3 is 2.36 bits per heavy atom. The zero-order chi connectivity index (χ0) is 27.5. The average Bonchev–Trinajstić information content (AvgIpc) is 3.59. The third-order valence-corrected chi connectivity index (χ3v) is 8.21. The van der Waals surface area contributed by atoms with Crippen LogP contribution in [0.2, 0.25) is 0 Å². The molecule has 2 bridgehead atoms. The van der Waals surface area contributed by atoms with Crippen molar-refractivity contribution < 1.29 is 18.7 Å². The first kappa shape index (κ1) is 26.7. The van der Waals surface area contributed by atoms with Crippen LogP contribution in [0, 0.1) is 23.6 Å². The molecule has 202 valence electrons. The maximum atomic E-state index is 15.5. The minimum Gasteiger partial charge on any atom is -0.466 e. The molecule has 0 unspecified atom stereocenters. The van der Waals surface area contributed by atoms with E-state index in [2.05, 4.69) is 0 Å². The number of hydrogen-bond acceptors (Lipinski definition) is 4. The second kappa shape index (κ2) is 11.4. The molecule has 3 aromatic rings. The molecule has 0 spiro atoms. The van der Waals surface area contributed by atoms with Crippen molar-refractivity contribution in [3.8, 4) is 11.1 Å². The fraction of sp³-hybridized carbons (Fsp3) is 0.333.